The Morgan fingerprint density at radius 2 is 2.00 bits per heavy atom. The molecule has 0 radical (unpaired) electrons. The maximum atomic E-state index is 12.7. The fourth-order valence-corrected chi connectivity index (χ4v) is 4.35. The number of sulfonamides is 1. The third-order valence-electron chi connectivity index (χ3n) is 3.71. The summed E-state index contributed by atoms with van der Waals surface area (Å²) in [5, 5.41) is 0. The molecule has 0 saturated carbocycles. The summed E-state index contributed by atoms with van der Waals surface area (Å²) in [6.45, 7) is 2.34. The van der Waals surface area contributed by atoms with Crippen LogP contribution in [0.2, 0.25) is 0 Å². The quantitative estimate of drug-likeness (QED) is 0.902. The zero-order chi connectivity index (χ0) is 15.8. The molecule has 22 heavy (non-hydrogen) atoms. The van der Waals surface area contributed by atoms with E-state index >= 15 is 0 Å². The van der Waals surface area contributed by atoms with Gasteiger partial charge in [-0.15, -0.1) is 12.4 Å². The van der Waals surface area contributed by atoms with E-state index in [4.69, 9.17) is 5.73 Å². The normalized spacial score (nSPS) is 23.3. The topological polar surface area (TPSA) is 63.4 Å². The SMILES string of the molecule is CC1CC(CN)CN1S(=O)(=O)c1cccc(C(F)(F)F)c1.Cl. The molecule has 1 heterocycles. The van der Waals surface area contributed by atoms with E-state index in [0.29, 0.717) is 19.0 Å². The minimum atomic E-state index is -4.57. The molecule has 0 spiro atoms. The van der Waals surface area contributed by atoms with E-state index in [9.17, 15) is 21.6 Å². The minimum Gasteiger partial charge on any atom is -0.330 e. The highest BCUT2D eigenvalue weighted by Gasteiger charge is 2.38. The summed E-state index contributed by atoms with van der Waals surface area (Å²) in [5.74, 6) is 0.0422. The van der Waals surface area contributed by atoms with Gasteiger partial charge in [0.2, 0.25) is 10.0 Å². The van der Waals surface area contributed by atoms with Crippen molar-refractivity contribution < 1.29 is 21.6 Å². The van der Waals surface area contributed by atoms with Crippen molar-refractivity contribution in [3.05, 3.63) is 29.8 Å². The van der Waals surface area contributed by atoms with Crippen molar-refractivity contribution in [3.8, 4) is 0 Å². The highest BCUT2D eigenvalue weighted by Crippen LogP contribution is 2.33. The van der Waals surface area contributed by atoms with E-state index in [1.165, 1.54) is 10.4 Å². The Labute approximate surface area is 133 Å². The third kappa shape index (κ3) is 3.73. The molecule has 0 bridgehead atoms. The molecule has 2 N–H and O–H groups in total. The maximum absolute atomic E-state index is 12.7. The van der Waals surface area contributed by atoms with Crippen molar-refractivity contribution in [2.24, 2.45) is 11.7 Å². The van der Waals surface area contributed by atoms with Gasteiger partial charge in [-0.3, -0.25) is 0 Å². The number of nitrogens with two attached hydrogens (primary N) is 1. The van der Waals surface area contributed by atoms with Gasteiger partial charge in [0.1, 0.15) is 0 Å². The molecular formula is C13H18ClF3N2O2S. The largest absolute Gasteiger partial charge is 0.416 e. The molecule has 1 fully saturated rings. The molecule has 2 unspecified atom stereocenters. The molecular weight excluding hydrogens is 341 g/mol. The van der Waals surface area contributed by atoms with Gasteiger partial charge >= 0.3 is 6.18 Å². The molecule has 1 aliphatic heterocycles. The first kappa shape index (κ1) is 19.2. The van der Waals surface area contributed by atoms with Crippen LogP contribution in [0, 0.1) is 5.92 Å². The number of rotatable bonds is 3. The molecule has 9 heteroatoms. The van der Waals surface area contributed by atoms with Crippen LogP contribution >= 0.6 is 12.4 Å². The van der Waals surface area contributed by atoms with Gasteiger partial charge in [0.25, 0.3) is 0 Å². The molecule has 1 saturated heterocycles. The lowest BCUT2D eigenvalue weighted by atomic mass is 10.1. The van der Waals surface area contributed by atoms with E-state index in [0.717, 1.165) is 12.1 Å². The van der Waals surface area contributed by atoms with E-state index in [-0.39, 0.29) is 35.8 Å². The van der Waals surface area contributed by atoms with Crippen LogP contribution in [-0.4, -0.2) is 31.9 Å². The predicted molar refractivity (Wildman–Crippen MR) is 79.2 cm³/mol. The van der Waals surface area contributed by atoms with Crippen LogP contribution in [0.15, 0.2) is 29.2 Å². The molecule has 4 nitrogen and oxygen atoms in total. The number of alkyl halides is 3. The Morgan fingerprint density at radius 3 is 2.50 bits per heavy atom. The number of halogens is 4. The fourth-order valence-electron chi connectivity index (χ4n) is 2.58. The van der Waals surface area contributed by atoms with Crippen molar-refractivity contribution in [2.75, 3.05) is 13.1 Å². The molecule has 2 rings (SSSR count). The van der Waals surface area contributed by atoms with Gasteiger partial charge in [-0.1, -0.05) is 6.07 Å². The smallest absolute Gasteiger partial charge is 0.330 e. The summed E-state index contributed by atoms with van der Waals surface area (Å²) in [7, 11) is -3.94. The number of hydrogen-bond donors (Lipinski definition) is 1. The average Bonchev–Trinajstić information content (AvgIpc) is 2.80. The van der Waals surface area contributed by atoms with Gasteiger partial charge in [-0.2, -0.15) is 17.5 Å². The molecule has 126 valence electrons. The fraction of sp³-hybridized carbons (Fsp3) is 0.538. The van der Waals surface area contributed by atoms with E-state index in [1.54, 1.807) is 6.92 Å². The summed E-state index contributed by atoms with van der Waals surface area (Å²) in [5.41, 5.74) is 4.58. The predicted octanol–water partition coefficient (Wildman–Crippen LogP) is 2.49. The van der Waals surface area contributed by atoms with E-state index in [2.05, 4.69) is 0 Å². The van der Waals surface area contributed by atoms with Gasteiger partial charge in [-0.25, -0.2) is 8.42 Å². The zero-order valence-corrected chi connectivity index (χ0v) is 13.5. The van der Waals surface area contributed by atoms with Crippen LogP contribution in [0.1, 0.15) is 18.9 Å². The van der Waals surface area contributed by atoms with Crippen molar-refractivity contribution >= 4 is 22.4 Å². The summed E-state index contributed by atoms with van der Waals surface area (Å²) in [6, 6.07) is 3.56. The second-order valence-corrected chi connectivity index (χ2v) is 7.18. The minimum absolute atomic E-state index is 0. The van der Waals surface area contributed by atoms with Gasteiger partial charge in [0.15, 0.2) is 0 Å². The molecule has 0 amide bonds. The maximum Gasteiger partial charge on any atom is 0.416 e. The first-order chi connectivity index (χ1) is 9.66. The Balaban J connectivity index is 0.00000242. The molecule has 1 aliphatic rings. The summed E-state index contributed by atoms with van der Waals surface area (Å²) in [6.07, 6.45) is -3.95. The zero-order valence-electron chi connectivity index (χ0n) is 11.9. The summed E-state index contributed by atoms with van der Waals surface area (Å²) >= 11 is 0. The lowest BCUT2D eigenvalue weighted by Crippen LogP contribution is -2.34. The lowest BCUT2D eigenvalue weighted by Gasteiger charge is -2.21. The van der Waals surface area contributed by atoms with Crippen molar-refractivity contribution in [2.45, 2.75) is 30.5 Å². The second kappa shape index (κ2) is 6.74. The van der Waals surface area contributed by atoms with Crippen LogP contribution in [0.3, 0.4) is 0 Å². The first-order valence-corrected chi connectivity index (χ1v) is 7.99. The van der Waals surface area contributed by atoms with Crippen molar-refractivity contribution in [3.63, 3.8) is 0 Å². The lowest BCUT2D eigenvalue weighted by molar-refractivity contribution is -0.137. The highest BCUT2D eigenvalue weighted by atomic mass is 35.5. The summed E-state index contributed by atoms with van der Waals surface area (Å²) < 4.78 is 64.3. The van der Waals surface area contributed by atoms with Gasteiger partial charge in [0.05, 0.1) is 10.5 Å². The van der Waals surface area contributed by atoms with Crippen molar-refractivity contribution in [1.29, 1.82) is 0 Å². The Hall–Kier alpha value is -0.830. The van der Waals surface area contributed by atoms with Gasteiger partial charge in [-0.05, 0) is 44.0 Å². The monoisotopic (exact) mass is 358 g/mol. The average molecular weight is 359 g/mol. The number of hydrogen-bond acceptors (Lipinski definition) is 3. The Kier molecular flexibility index (Phi) is 5.88. The van der Waals surface area contributed by atoms with E-state index in [1.807, 2.05) is 0 Å². The van der Waals surface area contributed by atoms with Crippen LogP contribution in [0.5, 0.6) is 0 Å². The van der Waals surface area contributed by atoms with Crippen LogP contribution in [-0.2, 0) is 16.2 Å². The molecule has 1 aromatic rings. The molecule has 2 atom stereocenters. The Bertz CT molecular complexity index is 622. The standard InChI is InChI=1S/C13H17F3N2O2S.ClH/c1-9-5-10(7-17)8-18(9)21(19,20)12-4-2-3-11(6-12)13(14,15)16;/h2-4,6,9-10H,5,7-8,17H2,1H3;1H. The molecule has 0 aromatic heterocycles. The van der Waals surface area contributed by atoms with E-state index < -0.39 is 21.8 Å². The van der Waals surface area contributed by atoms with Gasteiger partial charge in [0, 0.05) is 12.6 Å². The van der Waals surface area contributed by atoms with Gasteiger partial charge < -0.3 is 5.73 Å². The second-order valence-electron chi connectivity index (χ2n) is 5.29. The number of nitrogens with zero attached hydrogens (tertiary/aromatic N) is 1. The van der Waals surface area contributed by atoms with Crippen molar-refractivity contribution in [1.82, 2.24) is 4.31 Å². The van der Waals surface area contributed by atoms with Crippen LogP contribution in [0.4, 0.5) is 13.2 Å². The number of benzene rings is 1. The first-order valence-electron chi connectivity index (χ1n) is 6.55. The highest BCUT2D eigenvalue weighted by molar-refractivity contribution is 7.89. The summed E-state index contributed by atoms with van der Waals surface area (Å²) in [4.78, 5) is -0.332. The van der Waals surface area contributed by atoms with Crippen LogP contribution in [0.25, 0.3) is 0 Å². The van der Waals surface area contributed by atoms with Crippen LogP contribution < -0.4 is 5.73 Å². The Morgan fingerprint density at radius 1 is 1.36 bits per heavy atom. The molecule has 1 aromatic carbocycles. The molecule has 0 aliphatic carbocycles. The third-order valence-corrected chi connectivity index (χ3v) is 5.68.